The summed E-state index contributed by atoms with van der Waals surface area (Å²) < 4.78 is 13.9. The van der Waals surface area contributed by atoms with Crippen molar-refractivity contribution in [3.05, 3.63) is 70.2 Å². The van der Waals surface area contributed by atoms with Gasteiger partial charge in [0.05, 0.1) is 25.0 Å². The normalized spacial score (nSPS) is 10.9. The Morgan fingerprint density at radius 1 is 0.947 bits per heavy atom. The van der Waals surface area contributed by atoms with Crippen LogP contribution in [0.25, 0.3) is 0 Å². The highest BCUT2D eigenvalue weighted by Crippen LogP contribution is 2.32. The quantitative estimate of drug-likeness (QED) is 0.133. The Morgan fingerprint density at radius 3 is 2.34 bits per heavy atom. The molecule has 0 aliphatic carbocycles. The van der Waals surface area contributed by atoms with Gasteiger partial charge in [-0.25, -0.2) is 0 Å². The van der Waals surface area contributed by atoms with E-state index in [1.165, 1.54) is 62.7 Å². The average Bonchev–Trinajstić information content (AvgIpc) is 3.32. The topological polar surface area (TPSA) is 51.4 Å². The molecule has 0 fully saturated rings. The van der Waals surface area contributed by atoms with Crippen LogP contribution in [0, 0.1) is 6.92 Å². The molecule has 3 aromatic rings. The van der Waals surface area contributed by atoms with Crippen LogP contribution < -0.4 is 19.4 Å². The van der Waals surface area contributed by atoms with E-state index in [0.29, 0.717) is 18.1 Å². The zero-order chi connectivity index (χ0) is 27.0. The number of nitrogens with one attached hydrogen (secondary N) is 1. The monoisotopic (exact) mass is 537 g/mol. The summed E-state index contributed by atoms with van der Waals surface area (Å²) in [6, 6.07) is 13.8. The minimum atomic E-state index is -0.0711. The molecule has 3 rings (SSSR count). The molecule has 1 aromatic heterocycles. The number of carbonyl (C=O) groups is 1. The Balaban J connectivity index is 1.46. The van der Waals surface area contributed by atoms with Gasteiger partial charge in [-0.3, -0.25) is 4.79 Å². The molecule has 0 saturated carbocycles. The Kier molecular flexibility index (Phi) is 13.2. The summed E-state index contributed by atoms with van der Waals surface area (Å²) in [6.45, 7) is 5.78. The van der Waals surface area contributed by atoms with Gasteiger partial charge in [-0.05, 0) is 31.5 Å². The number of thiazole rings is 1. The second kappa shape index (κ2) is 16.9. The Labute approximate surface area is 233 Å². The maximum absolute atomic E-state index is 13.0. The van der Waals surface area contributed by atoms with Crippen molar-refractivity contribution in [2.45, 2.75) is 91.0 Å². The number of amides is 1. The highest BCUT2D eigenvalue weighted by atomic mass is 32.1. The zero-order valence-corrected chi connectivity index (χ0v) is 24.3. The van der Waals surface area contributed by atoms with Crippen LogP contribution in [0.4, 0.5) is 5.69 Å². The molecule has 38 heavy (non-hydrogen) atoms. The molecule has 0 atom stereocenters. The van der Waals surface area contributed by atoms with Gasteiger partial charge in [0, 0.05) is 16.8 Å². The van der Waals surface area contributed by atoms with E-state index < -0.39 is 0 Å². The van der Waals surface area contributed by atoms with Crippen LogP contribution in [0.15, 0.2) is 54.2 Å². The lowest BCUT2D eigenvalue weighted by Gasteiger charge is -2.15. The third-order valence-corrected chi connectivity index (χ3v) is 7.53. The van der Waals surface area contributed by atoms with Gasteiger partial charge >= 0.3 is 0 Å². The fraction of sp³-hybridized carbons (Fsp3) is 0.500. The van der Waals surface area contributed by atoms with Crippen LogP contribution in [0.3, 0.4) is 0 Å². The molecule has 0 saturated heterocycles. The third kappa shape index (κ3) is 10.5. The standard InChI is InChI=1S/C32H44N2O3S/c1-4-5-6-7-8-9-10-11-12-13-20-37-32-28(17-15-19-30(32)36-3)22-31(35)33-29-18-14-16-27(21-29)24-34-23-26(2)38-25-34/h14-19,21,23,25H,4-13,20,22,24H2,1-3H3/p+1. The van der Waals surface area contributed by atoms with Crippen LogP contribution in [-0.4, -0.2) is 19.6 Å². The number of para-hydroxylation sites is 1. The van der Waals surface area contributed by atoms with E-state index in [0.717, 1.165) is 29.8 Å². The first-order valence-electron chi connectivity index (χ1n) is 14.2. The Morgan fingerprint density at radius 2 is 1.66 bits per heavy atom. The fourth-order valence-electron chi connectivity index (χ4n) is 4.65. The predicted molar refractivity (Wildman–Crippen MR) is 157 cm³/mol. The number of carbonyl (C=O) groups excluding carboxylic acids is 1. The molecule has 0 radical (unpaired) electrons. The van der Waals surface area contributed by atoms with E-state index in [4.69, 9.17) is 9.47 Å². The number of hydrogen-bond donors (Lipinski definition) is 1. The molecule has 1 N–H and O–H groups in total. The van der Waals surface area contributed by atoms with Crippen molar-refractivity contribution in [1.82, 2.24) is 0 Å². The summed E-state index contributed by atoms with van der Waals surface area (Å²) in [5, 5.41) is 3.06. The smallest absolute Gasteiger partial charge is 0.228 e. The largest absolute Gasteiger partial charge is 0.493 e. The number of benzene rings is 2. The Bertz CT molecular complexity index is 1110. The molecule has 2 aromatic carbocycles. The van der Waals surface area contributed by atoms with Gasteiger partial charge in [-0.1, -0.05) is 100 Å². The number of hydrogen-bond acceptors (Lipinski definition) is 4. The van der Waals surface area contributed by atoms with Crippen LogP contribution in [0.2, 0.25) is 0 Å². The lowest BCUT2D eigenvalue weighted by molar-refractivity contribution is -0.683. The van der Waals surface area contributed by atoms with Gasteiger partial charge in [0.25, 0.3) is 0 Å². The number of aromatic nitrogens is 1. The van der Waals surface area contributed by atoms with E-state index >= 15 is 0 Å². The number of unbranched alkanes of at least 4 members (excludes halogenated alkanes) is 9. The molecule has 0 spiro atoms. The summed E-state index contributed by atoms with van der Waals surface area (Å²) in [4.78, 5) is 14.2. The Hall–Kier alpha value is -2.86. The van der Waals surface area contributed by atoms with Gasteiger partial charge in [-0.15, -0.1) is 0 Å². The highest BCUT2D eigenvalue weighted by molar-refractivity contribution is 7.09. The van der Waals surface area contributed by atoms with E-state index in [1.807, 2.05) is 36.4 Å². The molecule has 6 heteroatoms. The maximum atomic E-state index is 13.0. The first-order chi connectivity index (χ1) is 18.6. The molecule has 0 aliphatic rings. The number of aryl methyl sites for hydroxylation is 1. The zero-order valence-electron chi connectivity index (χ0n) is 23.5. The predicted octanol–water partition coefficient (Wildman–Crippen LogP) is 7.88. The molecule has 0 bridgehead atoms. The minimum Gasteiger partial charge on any atom is -0.493 e. The van der Waals surface area contributed by atoms with Crippen LogP contribution in [-0.2, 0) is 17.8 Å². The summed E-state index contributed by atoms with van der Waals surface area (Å²) in [5.41, 5.74) is 4.90. The molecular weight excluding hydrogens is 492 g/mol. The van der Waals surface area contributed by atoms with Crippen molar-refractivity contribution in [2.24, 2.45) is 0 Å². The van der Waals surface area contributed by atoms with Gasteiger partial charge in [0.2, 0.25) is 11.4 Å². The summed E-state index contributed by atoms with van der Waals surface area (Å²) >= 11 is 1.73. The van der Waals surface area contributed by atoms with Crippen molar-refractivity contribution < 1.29 is 18.8 Å². The number of methoxy groups -OCH3 is 1. The van der Waals surface area contributed by atoms with Crippen molar-refractivity contribution >= 4 is 22.9 Å². The second-order valence-corrected chi connectivity index (χ2v) is 11.1. The third-order valence-electron chi connectivity index (χ3n) is 6.67. The number of rotatable bonds is 18. The summed E-state index contributed by atoms with van der Waals surface area (Å²) in [6.07, 6.45) is 15.2. The van der Waals surface area contributed by atoms with E-state index in [2.05, 4.69) is 41.5 Å². The molecule has 0 unspecified atom stereocenters. The van der Waals surface area contributed by atoms with Gasteiger partial charge in [-0.2, -0.15) is 4.57 Å². The lowest BCUT2D eigenvalue weighted by atomic mass is 10.1. The van der Waals surface area contributed by atoms with Crippen LogP contribution in [0.1, 0.15) is 87.1 Å². The highest BCUT2D eigenvalue weighted by Gasteiger charge is 2.15. The molecule has 5 nitrogen and oxygen atoms in total. The molecule has 1 heterocycles. The fourth-order valence-corrected chi connectivity index (χ4v) is 5.29. The molecule has 206 valence electrons. The first kappa shape index (κ1) is 29.7. The number of nitrogens with zero attached hydrogens (tertiary/aromatic N) is 1. The number of ether oxygens (including phenoxy) is 2. The summed E-state index contributed by atoms with van der Waals surface area (Å²) in [7, 11) is 1.64. The summed E-state index contributed by atoms with van der Waals surface area (Å²) in [5.74, 6) is 1.28. The van der Waals surface area contributed by atoms with Gasteiger partial charge in [0.15, 0.2) is 24.2 Å². The van der Waals surface area contributed by atoms with Crippen molar-refractivity contribution in [3.63, 3.8) is 0 Å². The SMILES string of the molecule is CCCCCCCCCCCCOc1c(CC(=O)Nc2cccc(C[n+]3csc(C)c3)c2)cccc1OC. The van der Waals surface area contributed by atoms with E-state index in [9.17, 15) is 4.79 Å². The van der Waals surface area contributed by atoms with Crippen LogP contribution >= 0.6 is 11.3 Å². The second-order valence-electron chi connectivity index (χ2n) is 10.0. The average molecular weight is 538 g/mol. The first-order valence-corrected chi connectivity index (χ1v) is 15.1. The van der Waals surface area contributed by atoms with Gasteiger partial charge in [0.1, 0.15) is 0 Å². The number of anilines is 1. The molecule has 0 aliphatic heterocycles. The van der Waals surface area contributed by atoms with Crippen molar-refractivity contribution in [2.75, 3.05) is 19.0 Å². The van der Waals surface area contributed by atoms with E-state index in [1.54, 1.807) is 18.4 Å². The van der Waals surface area contributed by atoms with E-state index in [-0.39, 0.29) is 12.3 Å². The lowest BCUT2D eigenvalue weighted by Crippen LogP contribution is -2.30. The minimum absolute atomic E-state index is 0.0711. The molecular formula is C32H45N2O3S+. The maximum Gasteiger partial charge on any atom is 0.228 e. The van der Waals surface area contributed by atoms with Crippen molar-refractivity contribution in [3.8, 4) is 11.5 Å². The van der Waals surface area contributed by atoms with Gasteiger partial charge < -0.3 is 14.8 Å². The van der Waals surface area contributed by atoms with Crippen LogP contribution in [0.5, 0.6) is 11.5 Å². The van der Waals surface area contributed by atoms with Crippen molar-refractivity contribution in [1.29, 1.82) is 0 Å². The molecule has 1 amide bonds.